The Balaban J connectivity index is 1.66. The molecule has 2 aliphatic rings. The Morgan fingerprint density at radius 1 is 1.23 bits per heavy atom. The van der Waals surface area contributed by atoms with Crippen molar-refractivity contribution >= 4 is 21.3 Å². The molecular weight excluding hydrogens is 350 g/mol. The van der Waals surface area contributed by atoms with Crippen molar-refractivity contribution in [3.05, 3.63) is 35.9 Å². The highest BCUT2D eigenvalue weighted by Gasteiger charge is 2.27. The molecule has 0 bridgehead atoms. The van der Waals surface area contributed by atoms with Crippen LogP contribution < -0.4 is 0 Å². The van der Waals surface area contributed by atoms with Gasteiger partial charge in [-0.2, -0.15) is 0 Å². The highest BCUT2D eigenvalue weighted by Crippen LogP contribution is 2.26. The number of sulfone groups is 1. The van der Waals surface area contributed by atoms with Crippen LogP contribution in [0.2, 0.25) is 0 Å². The Morgan fingerprint density at radius 3 is 2.50 bits per heavy atom. The summed E-state index contributed by atoms with van der Waals surface area (Å²) in [5.41, 5.74) is 2.20. The lowest BCUT2D eigenvalue weighted by Crippen LogP contribution is -2.41. The number of hydrogen-bond acceptors (Lipinski definition) is 4. The van der Waals surface area contributed by atoms with Gasteiger partial charge in [-0.25, -0.2) is 8.42 Å². The summed E-state index contributed by atoms with van der Waals surface area (Å²) < 4.78 is 29.9. The number of amides is 1. The fraction of sp³-hybridized carbons (Fsp3) is 0.550. The first kappa shape index (κ1) is 19.1. The first-order chi connectivity index (χ1) is 12.4. The van der Waals surface area contributed by atoms with Crippen LogP contribution in [0.5, 0.6) is 0 Å². The summed E-state index contributed by atoms with van der Waals surface area (Å²) in [4.78, 5) is 14.8. The maximum atomic E-state index is 12.6. The number of rotatable bonds is 4. The third-order valence-electron chi connectivity index (χ3n) is 5.20. The summed E-state index contributed by atoms with van der Waals surface area (Å²) in [7, 11) is -3.24. The highest BCUT2D eigenvalue weighted by atomic mass is 32.2. The minimum absolute atomic E-state index is 0.000719. The molecule has 0 N–H and O–H groups in total. The topological polar surface area (TPSA) is 63.7 Å². The molecule has 26 heavy (non-hydrogen) atoms. The van der Waals surface area contributed by atoms with Crippen LogP contribution in [0.3, 0.4) is 0 Å². The third kappa shape index (κ3) is 4.01. The monoisotopic (exact) mass is 377 g/mol. The minimum Gasteiger partial charge on any atom is -0.381 e. The molecule has 1 atom stereocenters. The molecule has 3 rings (SSSR count). The van der Waals surface area contributed by atoms with Crippen molar-refractivity contribution in [3.63, 3.8) is 0 Å². The Hall–Kier alpha value is -1.66. The Kier molecular flexibility index (Phi) is 5.82. The van der Waals surface area contributed by atoms with Crippen molar-refractivity contribution in [3.8, 4) is 0 Å². The lowest BCUT2D eigenvalue weighted by molar-refractivity contribution is -0.139. The number of hydrogen-bond donors (Lipinski definition) is 0. The summed E-state index contributed by atoms with van der Waals surface area (Å²) in [5.74, 6) is 0.192. The Labute approximate surface area is 155 Å². The maximum absolute atomic E-state index is 12.6. The van der Waals surface area contributed by atoms with Crippen LogP contribution in [0.15, 0.2) is 35.2 Å². The molecule has 2 aliphatic heterocycles. The molecule has 1 unspecified atom stereocenters. The zero-order valence-corrected chi connectivity index (χ0v) is 16.3. The summed E-state index contributed by atoms with van der Waals surface area (Å²) in [6.45, 7) is 5.99. The molecule has 0 spiro atoms. The van der Waals surface area contributed by atoms with E-state index in [9.17, 15) is 13.2 Å². The van der Waals surface area contributed by atoms with Crippen molar-refractivity contribution in [2.45, 2.75) is 43.3 Å². The van der Waals surface area contributed by atoms with Crippen molar-refractivity contribution in [2.24, 2.45) is 5.92 Å². The van der Waals surface area contributed by atoms with Gasteiger partial charge in [-0.3, -0.25) is 4.79 Å². The van der Waals surface area contributed by atoms with E-state index in [0.29, 0.717) is 24.6 Å². The van der Waals surface area contributed by atoms with E-state index < -0.39 is 15.1 Å². The number of nitrogens with zero attached hydrogens (tertiary/aromatic N) is 1. The molecule has 1 aromatic carbocycles. The SMILES string of the molecule is CC(C)S(=O)(=O)c1ccc(C2=CCN(C(=O)C3CCCOC3)CC2)cc1. The van der Waals surface area contributed by atoms with Crippen LogP contribution >= 0.6 is 0 Å². The fourth-order valence-electron chi connectivity index (χ4n) is 3.46. The first-order valence-corrected chi connectivity index (χ1v) is 10.8. The lowest BCUT2D eigenvalue weighted by atomic mass is 9.96. The number of ether oxygens (including phenoxy) is 1. The van der Waals surface area contributed by atoms with E-state index in [4.69, 9.17) is 4.74 Å². The summed E-state index contributed by atoms with van der Waals surface area (Å²) in [5, 5.41) is -0.425. The molecule has 2 heterocycles. The van der Waals surface area contributed by atoms with Gasteiger partial charge in [-0.15, -0.1) is 0 Å². The van der Waals surface area contributed by atoms with Gasteiger partial charge in [0.15, 0.2) is 9.84 Å². The van der Waals surface area contributed by atoms with E-state index in [2.05, 4.69) is 6.08 Å². The maximum Gasteiger partial charge on any atom is 0.228 e. The second-order valence-electron chi connectivity index (χ2n) is 7.30. The molecule has 0 aliphatic carbocycles. The van der Waals surface area contributed by atoms with Gasteiger partial charge in [-0.05, 0) is 56.4 Å². The second-order valence-corrected chi connectivity index (χ2v) is 9.80. The van der Waals surface area contributed by atoms with Crippen LogP contribution in [0, 0.1) is 5.92 Å². The third-order valence-corrected chi connectivity index (χ3v) is 7.38. The second kappa shape index (κ2) is 7.92. The van der Waals surface area contributed by atoms with Gasteiger partial charge in [0.05, 0.1) is 22.7 Å². The minimum atomic E-state index is -3.24. The molecule has 1 fully saturated rings. The molecule has 1 amide bonds. The fourth-order valence-corrected chi connectivity index (χ4v) is 4.52. The zero-order chi connectivity index (χ0) is 18.7. The average Bonchev–Trinajstić information content (AvgIpc) is 2.68. The van der Waals surface area contributed by atoms with Gasteiger partial charge in [0.2, 0.25) is 5.91 Å². The van der Waals surface area contributed by atoms with Gasteiger partial charge >= 0.3 is 0 Å². The van der Waals surface area contributed by atoms with Crippen LogP contribution in [-0.2, 0) is 19.4 Å². The van der Waals surface area contributed by atoms with Gasteiger partial charge in [0, 0.05) is 19.7 Å². The van der Waals surface area contributed by atoms with Crippen molar-refractivity contribution in [1.29, 1.82) is 0 Å². The Bertz CT molecular complexity index is 775. The summed E-state index contributed by atoms with van der Waals surface area (Å²) >= 11 is 0. The zero-order valence-electron chi connectivity index (χ0n) is 15.5. The quantitative estimate of drug-likeness (QED) is 0.809. The van der Waals surface area contributed by atoms with Gasteiger partial charge < -0.3 is 9.64 Å². The van der Waals surface area contributed by atoms with Crippen molar-refractivity contribution < 1.29 is 17.9 Å². The number of carbonyl (C=O) groups excluding carboxylic acids is 1. The molecule has 0 aromatic heterocycles. The molecule has 0 radical (unpaired) electrons. The van der Waals surface area contributed by atoms with Crippen molar-refractivity contribution in [2.75, 3.05) is 26.3 Å². The highest BCUT2D eigenvalue weighted by molar-refractivity contribution is 7.92. The molecule has 1 aromatic rings. The number of carbonyl (C=O) groups is 1. The molecular formula is C20H27NO4S. The normalized spacial score (nSPS) is 21.6. The van der Waals surface area contributed by atoms with Crippen LogP contribution in [0.4, 0.5) is 0 Å². The van der Waals surface area contributed by atoms with Crippen LogP contribution in [0.1, 0.15) is 38.7 Å². The van der Waals surface area contributed by atoms with Gasteiger partial charge in [-0.1, -0.05) is 18.2 Å². The lowest BCUT2D eigenvalue weighted by Gasteiger charge is -2.31. The van der Waals surface area contributed by atoms with E-state index in [0.717, 1.165) is 31.4 Å². The predicted octanol–water partition coefficient (Wildman–Crippen LogP) is 2.91. The Morgan fingerprint density at radius 2 is 1.96 bits per heavy atom. The summed E-state index contributed by atoms with van der Waals surface area (Å²) in [6, 6.07) is 7.10. The molecule has 6 heteroatoms. The van der Waals surface area contributed by atoms with E-state index in [1.54, 1.807) is 26.0 Å². The van der Waals surface area contributed by atoms with Gasteiger partial charge in [0.25, 0.3) is 0 Å². The summed E-state index contributed by atoms with van der Waals surface area (Å²) in [6.07, 6.45) is 4.74. The molecule has 1 saturated heterocycles. The molecule has 5 nitrogen and oxygen atoms in total. The number of benzene rings is 1. The van der Waals surface area contributed by atoms with E-state index >= 15 is 0 Å². The van der Waals surface area contributed by atoms with E-state index in [1.165, 1.54) is 5.57 Å². The molecule has 142 valence electrons. The van der Waals surface area contributed by atoms with Crippen LogP contribution in [0.25, 0.3) is 5.57 Å². The smallest absolute Gasteiger partial charge is 0.228 e. The predicted molar refractivity (Wildman–Crippen MR) is 101 cm³/mol. The van der Waals surface area contributed by atoms with Crippen molar-refractivity contribution in [1.82, 2.24) is 4.90 Å². The standard InChI is InChI=1S/C20H27NO4S/c1-15(2)26(23,24)19-7-5-16(6-8-19)17-9-11-21(12-10-17)20(22)18-4-3-13-25-14-18/h5-9,15,18H,3-4,10-14H2,1-2H3. The first-order valence-electron chi connectivity index (χ1n) is 9.29. The van der Waals surface area contributed by atoms with Crippen LogP contribution in [-0.4, -0.2) is 50.8 Å². The van der Waals surface area contributed by atoms with E-state index in [1.807, 2.05) is 17.0 Å². The average molecular weight is 378 g/mol. The van der Waals surface area contributed by atoms with Gasteiger partial charge in [0.1, 0.15) is 0 Å². The molecule has 0 saturated carbocycles. The largest absolute Gasteiger partial charge is 0.381 e. The van der Waals surface area contributed by atoms with E-state index in [-0.39, 0.29) is 11.8 Å².